The number of carbonyl (C=O) groups is 1. The van der Waals surface area contributed by atoms with Crippen LogP contribution < -0.4 is 0 Å². The third-order valence-electron chi connectivity index (χ3n) is 4.89. The van der Waals surface area contributed by atoms with Gasteiger partial charge in [-0.1, -0.05) is 60.7 Å². The molecule has 1 saturated heterocycles. The highest BCUT2D eigenvalue weighted by atomic mass is 16.5. The van der Waals surface area contributed by atoms with Gasteiger partial charge in [-0.15, -0.1) is 0 Å². The summed E-state index contributed by atoms with van der Waals surface area (Å²) in [4.78, 5) is 16.1. The molecule has 0 spiro atoms. The number of methoxy groups -OCH3 is 1. The van der Waals surface area contributed by atoms with Crippen LogP contribution in [0, 0.1) is 0 Å². The van der Waals surface area contributed by atoms with Gasteiger partial charge in [-0.2, -0.15) is 0 Å². The second-order valence-electron chi connectivity index (χ2n) is 6.73. The summed E-state index contributed by atoms with van der Waals surface area (Å²) in [5.74, 6) is 0.0709. The minimum atomic E-state index is -0.0584. The first-order chi connectivity index (χ1) is 13.3. The molecule has 0 aliphatic carbocycles. The highest BCUT2D eigenvalue weighted by Gasteiger charge is 2.21. The van der Waals surface area contributed by atoms with Gasteiger partial charge in [0.05, 0.1) is 6.61 Å². The van der Waals surface area contributed by atoms with E-state index in [2.05, 4.69) is 29.2 Å². The second-order valence-corrected chi connectivity index (χ2v) is 6.73. The Balaban J connectivity index is 1.51. The van der Waals surface area contributed by atoms with Crippen molar-refractivity contribution in [2.75, 3.05) is 53.0 Å². The molecular formula is C22H28N2O3. The smallest absolute Gasteiger partial charge is 0.248 e. The van der Waals surface area contributed by atoms with Gasteiger partial charge in [0, 0.05) is 39.8 Å². The van der Waals surface area contributed by atoms with Crippen LogP contribution in [-0.4, -0.2) is 68.8 Å². The summed E-state index contributed by atoms with van der Waals surface area (Å²) in [5, 5.41) is 0. The van der Waals surface area contributed by atoms with E-state index in [1.165, 1.54) is 11.1 Å². The van der Waals surface area contributed by atoms with E-state index < -0.39 is 0 Å². The van der Waals surface area contributed by atoms with Gasteiger partial charge in [-0.05, 0) is 11.1 Å². The lowest BCUT2D eigenvalue weighted by atomic mass is 10.0. The standard InChI is InChI=1S/C22H28N2O3/c1-26-18-21(25)24-14-12-23(13-15-24)16-17-27-22(19-8-4-2-5-9-19)20-10-6-3-7-11-20/h2-11,22H,12-18H2,1H3. The third kappa shape index (κ3) is 5.63. The monoisotopic (exact) mass is 368 g/mol. The van der Waals surface area contributed by atoms with Crippen LogP contribution in [0.4, 0.5) is 0 Å². The lowest BCUT2D eigenvalue weighted by Gasteiger charge is -2.34. The van der Waals surface area contributed by atoms with Gasteiger partial charge in [0.15, 0.2) is 0 Å². The van der Waals surface area contributed by atoms with Crippen LogP contribution in [0.25, 0.3) is 0 Å². The molecule has 0 saturated carbocycles. The normalized spacial score (nSPS) is 15.3. The first-order valence-electron chi connectivity index (χ1n) is 9.48. The molecule has 0 N–H and O–H groups in total. The molecule has 1 amide bonds. The van der Waals surface area contributed by atoms with E-state index in [1.807, 2.05) is 41.3 Å². The molecule has 0 unspecified atom stereocenters. The van der Waals surface area contributed by atoms with Gasteiger partial charge < -0.3 is 14.4 Å². The summed E-state index contributed by atoms with van der Waals surface area (Å²) in [6.45, 7) is 4.94. The van der Waals surface area contributed by atoms with E-state index in [4.69, 9.17) is 9.47 Å². The van der Waals surface area contributed by atoms with Crippen molar-refractivity contribution in [3.05, 3.63) is 71.8 Å². The lowest BCUT2D eigenvalue weighted by Crippen LogP contribution is -2.50. The molecule has 3 rings (SSSR count). The molecule has 1 fully saturated rings. The maximum Gasteiger partial charge on any atom is 0.248 e. The van der Waals surface area contributed by atoms with Crippen molar-refractivity contribution in [2.24, 2.45) is 0 Å². The topological polar surface area (TPSA) is 42.0 Å². The SMILES string of the molecule is COCC(=O)N1CCN(CCOC(c2ccccc2)c2ccccc2)CC1. The number of hydrogen-bond acceptors (Lipinski definition) is 4. The van der Waals surface area contributed by atoms with Crippen molar-refractivity contribution in [3.8, 4) is 0 Å². The number of piperazine rings is 1. The zero-order valence-electron chi connectivity index (χ0n) is 15.9. The molecule has 27 heavy (non-hydrogen) atoms. The first-order valence-corrected chi connectivity index (χ1v) is 9.48. The number of nitrogens with zero attached hydrogens (tertiary/aromatic N) is 2. The Morgan fingerprint density at radius 2 is 1.48 bits per heavy atom. The van der Waals surface area contributed by atoms with Crippen LogP contribution >= 0.6 is 0 Å². The van der Waals surface area contributed by atoms with Crippen molar-refractivity contribution in [2.45, 2.75) is 6.10 Å². The van der Waals surface area contributed by atoms with Gasteiger partial charge in [0.2, 0.25) is 5.91 Å². The van der Waals surface area contributed by atoms with Gasteiger partial charge in [-0.25, -0.2) is 0 Å². The number of ether oxygens (including phenoxy) is 2. The molecule has 5 heteroatoms. The lowest BCUT2D eigenvalue weighted by molar-refractivity contribution is -0.137. The summed E-state index contributed by atoms with van der Waals surface area (Å²) in [5.41, 5.74) is 2.33. The maximum atomic E-state index is 11.9. The average molecular weight is 368 g/mol. The molecule has 1 aliphatic heterocycles. The van der Waals surface area contributed by atoms with Gasteiger partial charge in [-0.3, -0.25) is 9.69 Å². The number of rotatable bonds is 8. The van der Waals surface area contributed by atoms with E-state index in [1.54, 1.807) is 7.11 Å². The minimum absolute atomic E-state index is 0.0584. The predicted octanol–water partition coefficient (Wildman–Crippen LogP) is 2.58. The fraction of sp³-hybridized carbons (Fsp3) is 0.409. The highest BCUT2D eigenvalue weighted by Crippen LogP contribution is 2.25. The number of benzene rings is 2. The van der Waals surface area contributed by atoms with Gasteiger partial charge in [0.1, 0.15) is 12.7 Å². The number of hydrogen-bond donors (Lipinski definition) is 0. The van der Waals surface area contributed by atoms with E-state index in [9.17, 15) is 4.79 Å². The van der Waals surface area contributed by atoms with Gasteiger partial charge >= 0.3 is 0 Å². The van der Waals surface area contributed by atoms with Crippen LogP contribution in [0.1, 0.15) is 17.2 Å². The van der Waals surface area contributed by atoms with Crippen molar-refractivity contribution < 1.29 is 14.3 Å². The van der Waals surface area contributed by atoms with Crippen molar-refractivity contribution >= 4 is 5.91 Å². The Kier molecular flexibility index (Phi) is 7.39. The Bertz CT molecular complexity index is 646. The molecule has 0 bridgehead atoms. The summed E-state index contributed by atoms with van der Waals surface area (Å²) >= 11 is 0. The molecule has 5 nitrogen and oxygen atoms in total. The molecule has 1 aliphatic rings. The van der Waals surface area contributed by atoms with Crippen LogP contribution in [-0.2, 0) is 14.3 Å². The van der Waals surface area contributed by atoms with Crippen LogP contribution in [0.2, 0.25) is 0 Å². The largest absolute Gasteiger partial charge is 0.375 e. The van der Waals surface area contributed by atoms with Crippen LogP contribution in [0.15, 0.2) is 60.7 Å². The van der Waals surface area contributed by atoms with E-state index >= 15 is 0 Å². The van der Waals surface area contributed by atoms with Gasteiger partial charge in [0.25, 0.3) is 0 Å². The summed E-state index contributed by atoms with van der Waals surface area (Å²) in [6.07, 6.45) is -0.0584. The Hall–Kier alpha value is -2.21. The fourth-order valence-corrected chi connectivity index (χ4v) is 3.38. The fourth-order valence-electron chi connectivity index (χ4n) is 3.38. The molecule has 2 aromatic rings. The Morgan fingerprint density at radius 3 is 2.00 bits per heavy atom. The van der Waals surface area contributed by atoms with Crippen molar-refractivity contribution in [3.63, 3.8) is 0 Å². The first kappa shape index (κ1) is 19.5. The minimum Gasteiger partial charge on any atom is -0.375 e. The number of carbonyl (C=O) groups excluding carboxylic acids is 1. The number of amides is 1. The zero-order chi connectivity index (χ0) is 18.9. The van der Waals surface area contributed by atoms with Crippen LogP contribution in [0.5, 0.6) is 0 Å². The molecule has 1 heterocycles. The Morgan fingerprint density at radius 1 is 0.926 bits per heavy atom. The molecule has 0 aromatic heterocycles. The molecule has 0 radical (unpaired) electrons. The second kappa shape index (κ2) is 10.2. The zero-order valence-corrected chi connectivity index (χ0v) is 15.9. The van der Waals surface area contributed by atoms with Crippen molar-refractivity contribution in [1.29, 1.82) is 0 Å². The van der Waals surface area contributed by atoms with E-state index in [-0.39, 0.29) is 18.6 Å². The average Bonchev–Trinajstić information content (AvgIpc) is 2.73. The van der Waals surface area contributed by atoms with Crippen molar-refractivity contribution in [1.82, 2.24) is 9.80 Å². The molecule has 2 aromatic carbocycles. The third-order valence-corrected chi connectivity index (χ3v) is 4.89. The summed E-state index contributed by atoms with van der Waals surface area (Å²) < 4.78 is 11.2. The maximum absolute atomic E-state index is 11.9. The highest BCUT2D eigenvalue weighted by molar-refractivity contribution is 5.77. The molecule has 0 atom stereocenters. The van der Waals surface area contributed by atoms with E-state index in [0.717, 1.165) is 32.7 Å². The van der Waals surface area contributed by atoms with Crippen LogP contribution in [0.3, 0.4) is 0 Å². The predicted molar refractivity (Wildman–Crippen MR) is 106 cm³/mol. The quantitative estimate of drug-likeness (QED) is 0.718. The summed E-state index contributed by atoms with van der Waals surface area (Å²) in [6, 6.07) is 20.7. The van der Waals surface area contributed by atoms with E-state index in [0.29, 0.717) is 6.61 Å². The Labute approximate surface area is 161 Å². The summed E-state index contributed by atoms with van der Waals surface area (Å²) in [7, 11) is 1.56. The molecular weight excluding hydrogens is 340 g/mol. The molecule has 144 valence electrons.